The highest BCUT2D eigenvalue weighted by molar-refractivity contribution is 7.92. The zero-order valence-electron chi connectivity index (χ0n) is 14.1. The van der Waals surface area contributed by atoms with Gasteiger partial charge < -0.3 is 5.32 Å². The SMILES string of the molecule is Cc1ccc(-c2ccncc2)cc1NC(=O)CS(=O)(=O)CC(C)C. The quantitative estimate of drug-likeness (QED) is 0.872. The second kappa shape index (κ2) is 7.57. The molecule has 1 N–H and O–H groups in total. The van der Waals surface area contributed by atoms with E-state index >= 15 is 0 Å². The molecule has 128 valence electrons. The molecule has 1 aromatic heterocycles. The number of nitrogens with one attached hydrogen (secondary N) is 1. The van der Waals surface area contributed by atoms with E-state index in [1.807, 2.05) is 51.1 Å². The number of amides is 1. The van der Waals surface area contributed by atoms with Crippen molar-refractivity contribution in [2.24, 2.45) is 5.92 Å². The Balaban J connectivity index is 2.16. The first-order valence-electron chi connectivity index (χ1n) is 7.78. The lowest BCUT2D eigenvalue weighted by molar-refractivity contribution is -0.113. The fourth-order valence-electron chi connectivity index (χ4n) is 2.43. The molecule has 2 aromatic rings. The highest BCUT2D eigenvalue weighted by Gasteiger charge is 2.18. The number of carbonyl (C=O) groups is 1. The lowest BCUT2D eigenvalue weighted by atomic mass is 10.0. The number of rotatable bonds is 6. The minimum atomic E-state index is -3.40. The molecule has 0 atom stereocenters. The van der Waals surface area contributed by atoms with Crippen LogP contribution in [0.2, 0.25) is 0 Å². The van der Waals surface area contributed by atoms with E-state index in [1.54, 1.807) is 12.4 Å². The molecule has 0 aliphatic rings. The zero-order chi connectivity index (χ0) is 17.7. The van der Waals surface area contributed by atoms with E-state index in [4.69, 9.17) is 0 Å². The van der Waals surface area contributed by atoms with Crippen LogP contribution in [0, 0.1) is 12.8 Å². The summed E-state index contributed by atoms with van der Waals surface area (Å²) >= 11 is 0. The molecule has 0 saturated heterocycles. The van der Waals surface area contributed by atoms with Crippen molar-refractivity contribution in [3.05, 3.63) is 48.3 Å². The molecule has 0 spiro atoms. The number of aryl methyl sites for hydroxylation is 1. The summed E-state index contributed by atoms with van der Waals surface area (Å²) in [5.41, 5.74) is 3.41. The number of pyridine rings is 1. The monoisotopic (exact) mass is 346 g/mol. The van der Waals surface area contributed by atoms with Crippen molar-refractivity contribution < 1.29 is 13.2 Å². The fourth-order valence-corrected chi connectivity index (χ4v) is 4.04. The maximum Gasteiger partial charge on any atom is 0.239 e. The van der Waals surface area contributed by atoms with Crippen LogP contribution >= 0.6 is 0 Å². The number of sulfone groups is 1. The van der Waals surface area contributed by atoms with Crippen molar-refractivity contribution in [2.45, 2.75) is 20.8 Å². The van der Waals surface area contributed by atoms with Gasteiger partial charge in [-0.1, -0.05) is 26.0 Å². The average molecular weight is 346 g/mol. The van der Waals surface area contributed by atoms with Gasteiger partial charge >= 0.3 is 0 Å². The van der Waals surface area contributed by atoms with Crippen LogP contribution < -0.4 is 5.32 Å². The summed E-state index contributed by atoms with van der Waals surface area (Å²) in [6.45, 7) is 5.50. The molecule has 1 amide bonds. The Hall–Kier alpha value is -2.21. The predicted molar refractivity (Wildman–Crippen MR) is 96.5 cm³/mol. The van der Waals surface area contributed by atoms with E-state index in [0.29, 0.717) is 5.69 Å². The van der Waals surface area contributed by atoms with Crippen molar-refractivity contribution in [2.75, 3.05) is 16.8 Å². The number of hydrogen-bond acceptors (Lipinski definition) is 4. The van der Waals surface area contributed by atoms with Crippen molar-refractivity contribution in [1.29, 1.82) is 0 Å². The van der Waals surface area contributed by atoms with Crippen LogP contribution in [0.15, 0.2) is 42.7 Å². The van der Waals surface area contributed by atoms with Gasteiger partial charge in [-0.25, -0.2) is 8.42 Å². The van der Waals surface area contributed by atoms with Crippen LogP contribution in [0.5, 0.6) is 0 Å². The molecule has 1 heterocycles. The van der Waals surface area contributed by atoms with E-state index in [1.165, 1.54) is 0 Å². The first kappa shape index (κ1) is 18.1. The van der Waals surface area contributed by atoms with Gasteiger partial charge in [0.05, 0.1) is 5.75 Å². The van der Waals surface area contributed by atoms with Gasteiger partial charge in [0.2, 0.25) is 5.91 Å². The smallest absolute Gasteiger partial charge is 0.239 e. The third kappa shape index (κ3) is 5.16. The Morgan fingerprint density at radius 2 is 1.79 bits per heavy atom. The van der Waals surface area contributed by atoms with Crippen molar-refractivity contribution in [3.63, 3.8) is 0 Å². The molecular formula is C18H22N2O3S. The van der Waals surface area contributed by atoms with Gasteiger partial charge in [-0.15, -0.1) is 0 Å². The van der Waals surface area contributed by atoms with Gasteiger partial charge in [-0.2, -0.15) is 0 Å². The molecule has 0 aliphatic carbocycles. The van der Waals surface area contributed by atoms with Crippen molar-refractivity contribution in [3.8, 4) is 11.1 Å². The Labute approximate surface area is 143 Å². The van der Waals surface area contributed by atoms with Crippen molar-refractivity contribution >= 4 is 21.4 Å². The first-order valence-corrected chi connectivity index (χ1v) is 9.60. The van der Waals surface area contributed by atoms with Crippen molar-refractivity contribution in [1.82, 2.24) is 4.98 Å². The average Bonchev–Trinajstić information content (AvgIpc) is 2.48. The van der Waals surface area contributed by atoms with E-state index in [9.17, 15) is 13.2 Å². The normalized spacial score (nSPS) is 11.5. The molecule has 5 nitrogen and oxygen atoms in total. The number of carbonyl (C=O) groups excluding carboxylic acids is 1. The van der Waals surface area contributed by atoms with Crippen LogP contribution in [0.25, 0.3) is 11.1 Å². The predicted octanol–water partition coefficient (Wildman–Crippen LogP) is 3.07. The number of aromatic nitrogens is 1. The summed E-state index contributed by atoms with van der Waals surface area (Å²) in [7, 11) is -3.40. The van der Waals surface area contributed by atoms with Crippen LogP contribution in [0.1, 0.15) is 19.4 Å². The Morgan fingerprint density at radius 1 is 1.12 bits per heavy atom. The van der Waals surface area contributed by atoms with Gasteiger partial charge in [0, 0.05) is 18.1 Å². The third-order valence-electron chi connectivity index (χ3n) is 3.46. The molecule has 0 fully saturated rings. The molecule has 24 heavy (non-hydrogen) atoms. The molecule has 1 aromatic carbocycles. The van der Waals surface area contributed by atoms with Gasteiger partial charge in [0.15, 0.2) is 9.84 Å². The highest BCUT2D eigenvalue weighted by atomic mass is 32.2. The molecule has 0 radical (unpaired) electrons. The minimum Gasteiger partial charge on any atom is -0.325 e. The Bertz CT molecular complexity index is 815. The standard InChI is InChI=1S/C18H22N2O3S/c1-13(2)11-24(22,23)12-18(21)20-17-10-16(5-4-14(17)3)15-6-8-19-9-7-15/h4-10,13H,11-12H2,1-3H3,(H,20,21). The maximum absolute atomic E-state index is 12.1. The molecule has 0 saturated carbocycles. The Kier molecular flexibility index (Phi) is 5.72. The topological polar surface area (TPSA) is 76.1 Å². The maximum atomic E-state index is 12.1. The Morgan fingerprint density at radius 3 is 2.42 bits per heavy atom. The molecule has 0 aliphatic heterocycles. The highest BCUT2D eigenvalue weighted by Crippen LogP contribution is 2.25. The van der Waals surface area contributed by atoms with Gasteiger partial charge in [-0.3, -0.25) is 9.78 Å². The summed E-state index contributed by atoms with van der Waals surface area (Å²) in [5, 5.41) is 2.72. The zero-order valence-corrected chi connectivity index (χ0v) is 14.9. The van der Waals surface area contributed by atoms with E-state index in [-0.39, 0.29) is 11.7 Å². The largest absolute Gasteiger partial charge is 0.325 e. The van der Waals surface area contributed by atoms with Crippen LogP contribution in [-0.2, 0) is 14.6 Å². The minimum absolute atomic E-state index is 0.000413. The van der Waals surface area contributed by atoms with Crippen LogP contribution in [0.4, 0.5) is 5.69 Å². The molecule has 2 rings (SSSR count). The van der Waals surface area contributed by atoms with E-state index in [2.05, 4.69) is 10.3 Å². The van der Waals surface area contributed by atoms with Gasteiger partial charge in [0.1, 0.15) is 5.75 Å². The molecule has 6 heteroatoms. The van der Waals surface area contributed by atoms with Gasteiger partial charge in [-0.05, 0) is 47.7 Å². The summed E-state index contributed by atoms with van der Waals surface area (Å²) in [6, 6.07) is 9.45. The summed E-state index contributed by atoms with van der Waals surface area (Å²) < 4.78 is 23.9. The third-order valence-corrected chi connectivity index (χ3v) is 5.34. The molecular weight excluding hydrogens is 324 g/mol. The second-order valence-electron chi connectivity index (χ2n) is 6.26. The molecule has 0 unspecified atom stereocenters. The number of anilines is 1. The first-order chi connectivity index (χ1) is 11.3. The number of benzene rings is 1. The van der Waals surface area contributed by atoms with Gasteiger partial charge in [0.25, 0.3) is 0 Å². The van der Waals surface area contributed by atoms with Crippen LogP contribution in [-0.4, -0.2) is 30.8 Å². The lowest BCUT2D eigenvalue weighted by Gasteiger charge is -2.12. The van der Waals surface area contributed by atoms with E-state index < -0.39 is 21.5 Å². The summed E-state index contributed by atoms with van der Waals surface area (Å²) in [6.07, 6.45) is 3.40. The number of nitrogens with zero attached hydrogens (tertiary/aromatic N) is 1. The summed E-state index contributed by atoms with van der Waals surface area (Å²) in [4.78, 5) is 16.1. The number of hydrogen-bond donors (Lipinski definition) is 1. The lowest BCUT2D eigenvalue weighted by Crippen LogP contribution is -2.26. The fraction of sp³-hybridized carbons (Fsp3) is 0.333. The molecule has 0 bridgehead atoms. The summed E-state index contributed by atoms with van der Waals surface area (Å²) in [5.74, 6) is -0.995. The second-order valence-corrected chi connectivity index (χ2v) is 8.37. The van der Waals surface area contributed by atoms with E-state index in [0.717, 1.165) is 16.7 Å². The van der Waals surface area contributed by atoms with Crippen LogP contribution in [0.3, 0.4) is 0 Å².